The number of aliphatic hydroxyl groups excluding tert-OH is 1. The fourth-order valence-electron chi connectivity index (χ4n) is 3.46. The molecule has 0 aliphatic carbocycles. The summed E-state index contributed by atoms with van der Waals surface area (Å²) in [6.45, 7) is 4.09. The molecule has 6 nitrogen and oxygen atoms in total. The van der Waals surface area contributed by atoms with Crippen LogP contribution in [0.15, 0.2) is 24.3 Å². The number of halogens is 1. The summed E-state index contributed by atoms with van der Waals surface area (Å²) in [7, 11) is 0. The van der Waals surface area contributed by atoms with Gasteiger partial charge in [-0.15, -0.1) is 0 Å². The summed E-state index contributed by atoms with van der Waals surface area (Å²) in [6, 6.07) is 7.73. The molecule has 23 heavy (non-hydrogen) atoms. The SMILES string of the molecule is O=C(O)N1C[C@@H](O)[C@H](N2CCCN(c3ccc(Cl)cc3)CC2)C1. The molecule has 2 heterocycles. The molecule has 2 fully saturated rings. The van der Waals surface area contributed by atoms with Crippen LogP contribution in [0.4, 0.5) is 10.5 Å². The summed E-state index contributed by atoms with van der Waals surface area (Å²) in [4.78, 5) is 16.9. The zero-order valence-corrected chi connectivity index (χ0v) is 13.7. The van der Waals surface area contributed by atoms with E-state index in [-0.39, 0.29) is 12.6 Å². The molecule has 7 heteroatoms. The van der Waals surface area contributed by atoms with Crippen molar-refractivity contribution in [3.8, 4) is 0 Å². The van der Waals surface area contributed by atoms with Gasteiger partial charge in [-0.25, -0.2) is 4.79 Å². The van der Waals surface area contributed by atoms with E-state index in [4.69, 9.17) is 16.7 Å². The number of hydrogen-bond donors (Lipinski definition) is 2. The summed E-state index contributed by atoms with van der Waals surface area (Å²) >= 11 is 5.94. The highest BCUT2D eigenvalue weighted by Crippen LogP contribution is 2.22. The van der Waals surface area contributed by atoms with Crippen LogP contribution in [0.1, 0.15) is 6.42 Å². The van der Waals surface area contributed by atoms with E-state index in [0.717, 1.165) is 43.3 Å². The molecule has 1 amide bonds. The fourth-order valence-corrected chi connectivity index (χ4v) is 3.59. The van der Waals surface area contributed by atoms with Gasteiger partial charge in [0.05, 0.1) is 18.7 Å². The predicted molar refractivity (Wildman–Crippen MR) is 89.2 cm³/mol. The van der Waals surface area contributed by atoms with E-state index < -0.39 is 12.2 Å². The lowest BCUT2D eigenvalue weighted by Gasteiger charge is -2.29. The summed E-state index contributed by atoms with van der Waals surface area (Å²) in [5.41, 5.74) is 1.15. The van der Waals surface area contributed by atoms with Crippen LogP contribution in [0, 0.1) is 0 Å². The van der Waals surface area contributed by atoms with Crippen molar-refractivity contribution >= 4 is 23.4 Å². The predicted octanol–water partition coefficient (Wildman–Crippen LogP) is 1.58. The first-order valence-electron chi connectivity index (χ1n) is 7.95. The lowest BCUT2D eigenvalue weighted by Crippen LogP contribution is -2.45. The third-order valence-corrected chi connectivity index (χ3v) is 4.97. The Hall–Kier alpha value is -1.50. The van der Waals surface area contributed by atoms with Crippen LogP contribution < -0.4 is 4.90 Å². The van der Waals surface area contributed by atoms with Gasteiger partial charge in [0, 0.05) is 43.4 Å². The van der Waals surface area contributed by atoms with Gasteiger partial charge in [-0.3, -0.25) is 4.90 Å². The standard InChI is InChI=1S/C16H22ClN3O3/c17-12-2-4-13(5-3-12)18-6-1-7-19(9-8-18)14-10-20(16(22)23)11-15(14)21/h2-5,14-15,21H,1,6-11H2,(H,22,23)/t14-,15-/m1/s1. The molecule has 0 unspecified atom stereocenters. The highest BCUT2D eigenvalue weighted by Gasteiger charge is 2.38. The minimum absolute atomic E-state index is 0.101. The van der Waals surface area contributed by atoms with Crippen molar-refractivity contribution < 1.29 is 15.0 Å². The van der Waals surface area contributed by atoms with Gasteiger partial charge in [0.15, 0.2) is 0 Å². The molecule has 2 aliphatic heterocycles. The summed E-state index contributed by atoms with van der Waals surface area (Å²) in [5.74, 6) is 0. The Morgan fingerprint density at radius 2 is 1.83 bits per heavy atom. The van der Waals surface area contributed by atoms with Crippen LogP contribution in [0.2, 0.25) is 5.02 Å². The van der Waals surface area contributed by atoms with E-state index >= 15 is 0 Å². The van der Waals surface area contributed by atoms with E-state index in [1.165, 1.54) is 4.90 Å². The first kappa shape index (κ1) is 16.4. The number of hydrogen-bond acceptors (Lipinski definition) is 4. The Labute approximate surface area is 140 Å². The van der Waals surface area contributed by atoms with E-state index in [1.807, 2.05) is 24.3 Å². The molecule has 0 saturated carbocycles. The topological polar surface area (TPSA) is 67.2 Å². The van der Waals surface area contributed by atoms with Gasteiger partial charge >= 0.3 is 6.09 Å². The van der Waals surface area contributed by atoms with Crippen molar-refractivity contribution in [2.75, 3.05) is 44.2 Å². The molecule has 126 valence electrons. The van der Waals surface area contributed by atoms with Crippen LogP contribution in [-0.4, -0.2) is 77.5 Å². The van der Waals surface area contributed by atoms with Crippen molar-refractivity contribution in [3.05, 3.63) is 29.3 Å². The summed E-state index contributed by atoms with van der Waals surface area (Å²) in [5, 5.41) is 20.0. The highest BCUT2D eigenvalue weighted by molar-refractivity contribution is 6.30. The molecule has 0 radical (unpaired) electrons. The van der Waals surface area contributed by atoms with Crippen LogP contribution in [0.3, 0.4) is 0 Å². The number of β-amino-alcohol motifs (C(OH)–C–C–N with tert-alkyl or cyclic N) is 1. The second-order valence-electron chi connectivity index (χ2n) is 6.18. The minimum atomic E-state index is -0.954. The molecule has 3 rings (SSSR count). The summed E-state index contributed by atoms with van der Waals surface area (Å²) in [6.07, 6.45) is -0.573. The van der Waals surface area contributed by atoms with Gasteiger partial charge in [-0.05, 0) is 30.7 Å². The average Bonchev–Trinajstić information content (AvgIpc) is 2.77. The van der Waals surface area contributed by atoms with Gasteiger partial charge in [-0.2, -0.15) is 0 Å². The number of rotatable bonds is 2. The van der Waals surface area contributed by atoms with Gasteiger partial charge in [-0.1, -0.05) is 11.6 Å². The molecule has 2 aliphatic rings. The zero-order valence-electron chi connectivity index (χ0n) is 12.9. The smallest absolute Gasteiger partial charge is 0.407 e. The zero-order chi connectivity index (χ0) is 16.4. The van der Waals surface area contributed by atoms with Gasteiger partial charge in [0.2, 0.25) is 0 Å². The maximum Gasteiger partial charge on any atom is 0.407 e. The second-order valence-corrected chi connectivity index (χ2v) is 6.61. The Morgan fingerprint density at radius 3 is 2.48 bits per heavy atom. The van der Waals surface area contributed by atoms with Crippen LogP contribution in [0.25, 0.3) is 0 Å². The summed E-state index contributed by atoms with van der Waals surface area (Å²) < 4.78 is 0. The number of anilines is 1. The number of likely N-dealkylation sites (tertiary alicyclic amines) is 1. The molecular formula is C16H22ClN3O3. The van der Waals surface area contributed by atoms with E-state index in [0.29, 0.717) is 6.54 Å². The Bertz CT molecular complexity index is 554. The number of carbonyl (C=O) groups is 1. The number of carboxylic acid groups (broad SMARTS) is 1. The average molecular weight is 340 g/mol. The number of aliphatic hydroxyl groups is 1. The molecule has 2 atom stereocenters. The first-order valence-corrected chi connectivity index (χ1v) is 8.33. The van der Waals surface area contributed by atoms with Crippen molar-refractivity contribution in [3.63, 3.8) is 0 Å². The monoisotopic (exact) mass is 339 g/mol. The van der Waals surface area contributed by atoms with Gasteiger partial charge in [0.1, 0.15) is 0 Å². The fraction of sp³-hybridized carbons (Fsp3) is 0.562. The maximum atomic E-state index is 11.1. The second kappa shape index (κ2) is 6.95. The molecular weight excluding hydrogens is 318 g/mol. The largest absolute Gasteiger partial charge is 0.465 e. The third kappa shape index (κ3) is 3.71. The minimum Gasteiger partial charge on any atom is -0.465 e. The van der Waals surface area contributed by atoms with E-state index in [1.54, 1.807) is 0 Å². The normalized spacial score (nSPS) is 26.3. The molecule has 2 N–H and O–H groups in total. The number of amides is 1. The molecule has 2 saturated heterocycles. The van der Waals surface area contributed by atoms with E-state index in [2.05, 4.69) is 9.80 Å². The van der Waals surface area contributed by atoms with E-state index in [9.17, 15) is 9.90 Å². The molecule has 0 bridgehead atoms. The maximum absolute atomic E-state index is 11.1. The van der Waals surface area contributed by atoms with Crippen LogP contribution >= 0.6 is 11.6 Å². The first-order chi connectivity index (χ1) is 11.0. The number of nitrogens with zero attached hydrogens (tertiary/aromatic N) is 3. The van der Waals surface area contributed by atoms with Gasteiger partial charge < -0.3 is 20.0 Å². The van der Waals surface area contributed by atoms with Crippen LogP contribution in [-0.2, 0) is 0 Å². The van der Waals surface area contributed by atoms with Crippen molar-refractivity contribution in [1.82, 2.24) is 9.80 Å². The Kier molecular flexibility index (Phi) is 4.94. The molecule has 1 aromatic carbocycles. The lowest BCUT2D eigenvalue weighted by atomic mass is 10.2. The van der Waals surface area contributed by atoms with Crippen molar-refractivity contribution in [2.24, 2.45) is 0 Å². The molecule has 1 aromatic rings. The molecule has 0 spiro atoms. The van der Waals surface area contributed by atoms with Gasteiger partial charge in [0.25, 0.3) is 0 Å². The Balaban J connectivity index is 1.62. The lowest BCUT2D eigenvalue weighted by molar-refractivity contribution is 0.0871. The quantitative estimate of drug-likeness (QED) is 0.856. The van der Waals surface area contributed by atoms with Crippen LogP contribution in [0.5, 0.6) is 0 Å². The number of benzene rings is 1. The Morgan fingerprint density at radius 1 is 1.09 bits per heavy atom. The van der Waals surface area contributed by atoms with Crippen molar-refractivity contribution in [1.29, 1.82) is 0 Å². The third-order valence-electron chi connectivity index (χ3n) is 4.72. The molecule has 0 aromatic heterocycles. The van der Waals surface area contributed by atoms with Crippen molar-refractivity contribution in [2.45, 2.75) is 18.6 Å². The highest BCUT2D eigenvalue weighted by atomic mass is 35.5.